The molecule has 0 unspecified atom stereocenters. The van der Waals surface area contributed by atoms with E-state index in [-0.39, 0.29) is 5.97 Å². The van der Waals surface area contributed by atoms with Gasteiger partial charge in [-0.15, -0.1) is 0 Å². The number of halogens is 1. The predicted molar refractivity (Wildman–Crippen MR) is 58.0 cm³/mol. The first-order valence-corrected chi connectivity index (χ1v) is 5.75. The molecule has 0 aliphatic rings. The fourth-order valence-electron chi connectivity index (χ4n) is 0.850. The van der Waals surface area contributed by atoms with Gasteiger partial charge in [0.25, 0.3) is 0 Å². The summed E-state index contributed by atoms with van der Waals surface area (Å²) in [5.41, 5.74) is 0.482. The summed E-state index contributed by atoms with van der Waals surface area (Å²) in [7, 11) is 0. The molecule has 0 N–H and O–H groups in total. The van der Waals surface area contributed by atoms with Crippen LogP contribution in [0.25, 0.3) is 0 Å². The molecule has 76 valence electrons. The van der Waals surface area contributed by atoms with Crippen LogP contribution in [0.4, 0.5) is 0 Å². The summed E-state index contributed by atoms with van der Waals surface area (Å²) >= 11 is 3.15. The van der Waals surface area contributed by atoms with Gasteiger partial charge in [-0.3, -0.25) is 0 Å². The van der Waals surface area contributed by atoms with Gasteiger partial charge in [0, 0.05) is 10.9 Å². The van der Waals surface area contributed by atoms with Crippen molar-refractivity contribution in [3.8, 4) is 0 Å². The lowest BCUT2D eigenvalue weighted by molar-refractivity contribution is -0.138. The summed E-state index contributed by atoms with van der Waals surface area (Å²) in [5.74, 6) is -0.284. The second-order valence-electron chi connectivity index (χ2n) is 2.93. The summed E-state index contributed by atoms with van der Waals surface area (Å²) in [5, 5.41) is 0.487. The third-order valence-corrected chi connectivity index (χ3v) is 2.36. The Morgan fingerprint density at radius 3 is 2.62 bits per heavy atom. The van der Waals surface area contributed by atoms with Gasteiger partial charge in [0.1, 0.15) is 0 Å². The molecule has 0 aromatic carbocycles. The molecule has 0 radical (unpaired) electrons. The third kappa shape index (κ3) is 6.82. The lowest BCUT2D eigenvalue weighted by Gasteiger charge is -2.04. The van der Waals surface area contributed by atoms with E-state index >= 15 is 0 Å². The molecule has 0 atom stereocenters. The third-order valence-electron chi connectivity index (χ3n) is 1.68. The zero-order valence-electron chi connectivity index (χ0n) is 8.14. The summed E-state index contributed by atoms with van der Waals surface area (Å²) in [6.45, 7) is 6.24. The summed E-state index contributed by atoms with van der Waals surface area (Å²) in [6, 6.07) is 0. The van der Waals surface area contributed by atoms with Gasteiger partial charge in [0.15, 0.2) is 0 Å². The second-order valence-corrected chi connectivity index (χ2v) is 3.49. The van der Waals surface area contributed by atoms with Gasteiger partial charge in [-0.2, -0.15) is 0 Å². The van der Waals surface area contributed by atoms with E-state index in [1.807, 2.05) is 0 Å². The number of hydrogen-bond acceptors (Lipinski definition) is 2. The largest absolute Gasteiger partial charge is 0.462 e. The van der Waals surface area contributed by atoms with Crippen LogP contribution >= 0.6 is 15.9 Å². The lowest BCUT2D eigenvalue weighted by atomic mass is 10.2. The zero-order valence-corrected chi connectivity index (χ0v) is 9.73. The van der Waals surface area contributed by atoms with Crippen LogP contribution in [0, 0.1) is 0 Å². The van der Waals surface area contributed by atoms with Crippen LogP contribution in [0.2, 0.25) is 0 Å². The van der Waals surface area contributed by atoms with Gasteiger partial charge in [0.05, 0.1) is 6.61 Å². The summed E-state index contributed by atoms with van der Waals surface area (Å²) in [6.07, 6.45) is 4.48. The Kier molecular flexibility index (Phi) is 8.10. The van der Waals surface area contributed by atoms with E-state index in [0.717, 1.165) is 12.8 Å². The first-order chi connectivity index (χ1) is 6.22. The standard InChI is InChI=1S/C10H17BrO2/c1-3-4-5-6-7-13-10(12)9(2)8-11/h2-8H2,1H3. The Hall–Kier alpha value is -0.310. The molecule has 0 heterocycles. The maximum absolute atomic E-state index is 11.1. The molecule has 0 aliphatic heterocycles. The lowest BCUT2D eigenvalue weighted by Crippen LogP contribution is -2.08. The van der Waals surface area contributed by atoms with Crippen molar-refractivity contribution in [3.05, 3.63) is 12.2 Å². The van der Waals surface area contributed by atoms with Crippen molar-refractivity contribution < 1.29 is 9.53 Å². The smallest absolute Gasteiger partial charge is 0.334 e. The minimum absolute atomic E-state index is 0.284. The molecule has 0 rings (SSSR count). The number of carbonyl (C=O) groups excluding carboxylic acids is 1. The van der Waals surface area contributed by atoms with Gasteiger partial charge < -0.3 is 4.74 Å². The number of alkyl halides is 1. The van der Waals surface area contributed by atoms with Gasteiger partial charge in [-0.05, 0) is 6.42 Å². The van der Waals surface area contributed by atoms with Crippen LogP contribution in [0.3, 0.4) is 0 Å². The minimum Gasteiger partial charge on any atom is -0.462 e. The van der Waals surface area contributed by atoms with E-state index < -0.39 is 0 Å². The molecule has 0 saturated carbocycles. The van der Waals surface area contributed by atoms with Gasteiger partial charge in [0.2, 0.25) is 0 Å². The van der Waals surface area contributed by atoms with Crippen LogP contribution in [0.1, 0.15) is 32.6 Å². The van der Waals surface area contributed by atoms with E-state index in [0.29, 0.717) is 17.5 Å². The Balaban J connectivity index is 3.32. The van der Waals surface area contributed by atoms with Crippen molar-refractivity contribution in [3.63, 3.8) is 0 Å². The van der Waals surface area contributed by atoms with E-state index in [4.69, 9.17) is 4.74 Å². The highest BCUT2D eigenvalue weighted by molar-refractivity contribution is 9.09. The number of carbonyl (C=O) groups is 1. The molecule has 0 aromatic rings. The average molecular weight is 249 g/mol. The molecule has 0 fully saturated rings. The maximum Gasteiger partial charge on any atom is 0.334 e. The highest BCUT2D eigenvalue weighted by atomic mass is 79.9. The fourth-order valence-corrected chi connectivity index (χ4v) is 1.08. The quantitative estimate of drug-likeness (QED) is 0.300. The van der Waals surface area contributed by atoms with Crippen molar-refractivity contribution in [2.45, 2.75) is 32.6 Å². The molecule has 3 heteroatoms. The molecule has 0 saturated heterocycles. The van der Waals surface area contributed by atoms with E-state index in [9.17, 15) is 4.79 Å². The Bertz CT molecular complexity index is 166. The second kappa shape index (κ2) is 8.30. The van der Waals surface area contributed by atoms with E-state index in [2.05, 4.69) is 29.4 Å². The normalized spacial score (nSPS) is 9.69. The summed E-state index contributed by atoms with van der Waals surface area (Å²) < 4.78 is 4.97. The van der Waals surface area contributed by atoms with Crippen molar-refractivity contribution in [1.29, 1.82) is 0 Å². The number of ether oxygens (including phenoxy) is 1. The maximum atomic E-state index is 11.1. The van der Waals surface area contributed by atoms with Gasteiger partial charge in [-0.25, -0.2) is 4.79 Å². The number of hydrogen-bond donors (Lipinski definition) is 0. The van der Waals surface area contributed by atoms with Crippen LogP contribution in [-0.2, 0) is 9.53 Å². The molecule has 0 aliphatic carbocycles. The number of esters is 1. The van der Waals surface area contributed by atoms with Crippen molar-refractivity contribution >= 4 is 21.9 Å². The Morgan fingerprint density at radius 2 is 2.08 bits per heavy atom. The highest BCUT2D eigenvalue weighted by Gasteiger charge is 2.05. The first kappa shape index (κ1) is 12.7. The van der Waals surface area contributed by atoms with Crippen molar-refractivity contribution in [2.75, 3.05) is 11.9 Å². The van der Waals surface area contributed by atoms with E-state index in [1.54, 1.807) is 0 Å². The molecular weight excluding hydrogens is 232 g/mol. The molecule has 13 heavy (non-hydrogen) atoms. The SMILES string of the molecule is C=C(CBr)C(=O)OCCCCCC. The average Bonchev–Trinajstić information content (AvgIpc) is 2.16. The summed E-state index contributed by atoms with van der Waals surface area (Å²) in [4.78, 5) is 11.1. The topological polar surface area (TPSA) is 26.3 Å². The van der Waals surface area contributed by atoms with Crippen LogP contribution < -0.4 is 0 Å². The highest BCUT2D eigenvalue weighted by Crippen LogP contribution is 2.02. The van der Waals surface area contributed by atoms with Gasteiger partial charge >= 0.3 is 5.97 Å². The number of rotatable bonds is 7. The van der Waals surface area contributed by atoms with Crippen molar-refractivity contribution in [1.82, 2.24) is 0 Å². The molecule has 0 spiro atoms. The molecule has 2 nitrogen and oxygen atoms in total. The molecule has 0 bridgehead atoms. The Labute approximate surface area is 88.5 Å². The monoisotopic (exact) mass is 248 g/mol. The molecule has 0 aromatic heterocycles. The van der Waals surface area contributed by atoms with Crippen LogP contribution in [0.15, 0.2) is 12.2 Å². The minimum atomic E-state index is -0.284. The molecule has 0 amide bonds. The fraction of sp³-hybridized carbons (Fsp3) is 0.700. The number of unbranched alkanes of at least 4 members (excludes halogenated alkanes) is 3. The Morgan fingerprint density at radius 1 is 1.38 bits per heavy atom. The molecular formula is C10H17BrO2. The van der Waals surface area contributed by atoms with Crippen LogP contribution in [-0.4, -0.2) is 17.9 Å². The van der Waals surface area contributed by atoms with Crippen molar-refractivity contribution in [2.24, 2.45) is 0 Å². The predicted octanol–water partition coefficient (Wildman–Crippen LogP) is 3.06. The van der Waals surface area contributed by atoms with Gasteiger partial charge in [-0.1, -0.05) is 48.7 Å². The zero-order chi connectivity index (χ0) is 10.1. The first-order valence-electron chi connectivity index (χ1n) is 4.63. The van der Waals surface area contributed by atoms with Crippen LogP contribution in [0.5, 0.6) is 0 Å². The van der Waals surface area contributed by atoms with E-state index in [1.165, 1.54) is 12.8 Å².